The van der Waals surface area contributed by atoms with E-state index in [2.05, 4.69) is 11.4 Å². The van der Waals surface area contributed by atoms with Crippen molar-refractivity contribution in [3.05, 3.63) is 39.0 Å². The zero-order chi connectivity index (χ0) is 13.0. The fourth-order valence-electron chi connectivity index (χ4n) is 2.06. The second-order valence-corrected chi connectivity index (χ2v) is 5.59. The van der Waals surface area contributed by atoms with E-state index in [1.807, 2.05) is 22.6 Å². The van der Waals surface area contributed by atoms with E-state index in [4.69, 9.17) is 0 Å². The van der Waals surface area contributed by atoms with E-state index in [1.54, 1.807) is 12.1 Å². The minimum absolute atomic E-state index is 0.125. The molecule has 3 nitrogen and oxygen atoms in total. The smallest absolute Gasteiger partial charge is 0.251 e. The Morgan fingerprint density at radius 3 is 2.94 bits per heavy atom. The number of halogens is 1. The average molecular weight is 357 g/mol. The van der Waals surface area contributed by atoms with E-state index in [9.17, 15) is 9.90 Å². The van der Waals surface area contributed by atoms with Gasteiger partial charge in [0, 0.05) is 12.1 Å². The van der Waals surface area contributed by atoms with Crippen LogP contribution in [0.5, 0.6) is 5.75 Å². The molecule has 2 N–H and O–H groups in total. The summed E-state index contributed by atoms with van der Waals surface area (Å²) in [5, 5.41) is 12.4. The summed E-state index contributed by atoms with van der Waals surface area (Å²) in [7, 11) is 0. The van der Waals surface area contributed by atoms with Gasteiger partial charge in [0.2, 0.25) is 0 Å². The topological polar surface area (TPSA) is 49.3 Å². The van der Waals surface area contributed by atoms with Gasteiger partial charge in [0.1, 0.15) is 5.75 Å². The molecular weight excluding hydrogens is 341 g/mol. The Kier molecular flexibility index (Phi) is 4.63. The molecule has 1 aliphatic carbocycles. The highest BCUT2D eigenvalue weighted by Gasteiger charge is 2.09. The zero-order valence-electron chi connectivity index (χ0n) is 10.1. The van der Waals surface area contributed by atoms with Crippen LogP contribution < -0.4 is 5.32 Å². The predicted molar refractivity (Wildman–Crippen MR) is 79.7 cm³/mol. The summed E-state index contributed by atoms with van der Waals surface area (Å²) in [5.41, 5.74) is 1.95. The van der Waals surface area contributed by atoms with Crippen molar-refractivity contribution in [3.63, 3.8) is 0 Å². The van der Waals surface area contributed by atoms with Crippen LogP contribution in [0.15, 0.2) is 29.8 Å². The van der Waals surface area contributed by atoms with Crippen LogP contribution in [0.25, 0.3) is 0 Å². The van der Waals surface area contributed by atoms with Crippen LogP contribution in [-0.4, -0.2) is 17.6 Å². The first-order valence-corrected chi connectivity index (χ1v) is 7.19. The van der Waals surface area contributed by atoms with Gasteiger partial charge in [-0.1, -0.05) is 11.6 Å². The number of nitrogens with one attached hydrogen (secondary N) is 1. The molecule has 0 radical (unpaired) electrons. The van der Waals surface area contributed by atoms with E-state index >= 15 is 0 Å². The van der Waals surface area contributed by atoms with E-state index < -0.39 is 0 Å². The Bertz CT molecular complexity index is 483. The molecule has 0 fully saturated rings. The second kappa shape index (κ2) is 6.22. The number of hydrogen-bond donors (Lipinski definition) is 2. The number of phenols is 1. The average Bonchev–Trinajstić information content (AvgIpc) is 2.85. The molecule has 0 aromatic heterocycles. The van der Waals surface area contributed by atoms with Crippen molar-refractivity contribution >= 4 is 28.5 Å². The van der Waals surface area contributed by atoms with E-state index in [-0.39, 0.29) is 11.7 Å². The number of amides is 1. The molecule has 96 valence electrons. The summed E-state index contributed by atoms with van der Waals surface area (Å²) in [6, 6.07) is 4.97. The van der Waals surface area contributed by atoms with Crippen molar-refractivity contribution in [1.29, 1.82) is 0 Å². The first-order valence-electron chi connectivity index (χ1n) is 6.11. The number of carbonyl (C=O) groups is 1. The molecule has 0 bridgehead atoms. The van der Waals surface area contributed by atoms with E-state index in [0.29, 0.717) is 12.1 Å². The lowest BCUT2D eigenvalue weighted by molar-refractivity contribution is 0.0953. The van der Waals surface area contributed by atoms with Crippen LogP contribution >= 0.6 is 22.6 Å². The van der Waals surface area contributed by atoms with E-state index in [0.717, 1.165) is 9.99 Å². The van der Waals surface area contributed by atoms with E-state index in [1.165, 1.54) is 30.9 Å². The summed E-state index contributed by atoms with van der Waals surface area (Å²) < 4.78 is 0.750. The Labute approximate surface area is 120 Å². The van der Waals surface area contributed by atoms with Crippen LogP contribution in [0.2, 0.25) is 0 Å². The summed E-state index contributed by atoms with van der Waals surface area (Å²) >= 11 is 2.03. The van der Waals surface area contributed by atoms with Crippen LogP contribution in [-0.2, 0) is 0 Å². The normalized spacial score (nSPS) is 14.4. The maximum absolute atomic E-state index is 11.8. The lowest BCUT2D eigenvalue weighted by atomic mass is 10.1. The van der Waals surface area contributed by atoms with Gasteiger partial charge in [0.15, 0.2) is 0 Å². The molecule has 1 aromatic carbocycles. The molecule has 2 rings (SSSR count). The molecule has 0 atom stereocenters. The predicted octanol–water partition coefficient (Wildman–Crippen LogP) is 3.23. The number of phenolic OH excluding ortho intramolecular Hbond substituents is 1. The Balaban J connectivity index is 1.85. The molecule has 0 heterocycles. The minimum Gasteiger partial charge on any atom is -0.507 e. The molecule has 0 spiro atoms. The van der Waals surface area contributed by atoms with Gasteiger partial charge in [-0.05, 0) is 66.5 Å². The van der Waals surface area contributed by atoms with Gasteiger partial charge in [-0.15, -0.1) is 0 Å². The molecule has 0 saturated carbocycles. The Morgan fingerprint density at radius 2 is 2.28 bits per heavy atom. The lowest BCUT2D eigenvalue weighted by Crippen LogP contribution is -2.24. The summed E-state index contributed by atoms with van der Waals surface area (Å²) in [6.45, 7) is 0.664. The van der Waals surface area contributed by atoms with Gasteiger partial charge in [0.05, 0.1) is 3.57 Å². The molecule has 0 aliphatic heterocycles. The second-order valence-electron chi connectivity index (χ2n) is 4.43. The van der Waals surface area contributed by atoms with Gasteiger partial charge in [-0.3, -0.25) is 4.79 Å². The molecule has 0 saturated heterocycles. The van der Waals surface area contributed by atoms with Crippen LogP contribution in [0.4, 0.5) is 0 Å². The Hall–Kier alpha value is -1.04. The third-order valence-electron chi connectivity index (χ3n) is 3.08. The maximum Gasteiger partial charge on any atom is 0.251 e. The largest absolute Gasteiger partial charge is 0.507 e. The zero-order valence-corrected chi connectivity index (χ0v) is 12.2. The third kappa shape index (κ3) is 3.48. The first-order chi connectivity index (χ1) is 8.66. The summed E-state index contributed by atoms with van der Waals surface area (Å²) in [6.07, 6.45) is 6.79. The van der Waals surface area contributed by atoms with Crippen molar-refractivity contribution in [1.82, 2.24) is 5.32 Å². The molecule has 0 unspecified atom stereocenters. The first kappa shape index (κ1) is 13.4. The lowest BCUT2D eigenvalue weighted by Gasteiger charge is -2.06. The number of rotatable bonds is 4. The number of benzene rings is 1. The van der Waals surface area contributed by atoms with Gasteiger partial charge in [-0.2, -0.15) is 0 Å². The molecule has 1 aromatic rings. The van der Waals surface area contributed by atoms with Gasteiger partial charge in [-0.25, -0.2) is 0 Å². The number of carbonyl (C=O) groups excluding carboxylic acids is 1. The van der Waals surface area contributed by atoms with Crippen molar-refractivity contribution < 1.29 is 9.90 Å². The van der Waals surface area contributed by atoms with Crippen LogP contribution in [0.1, 0.15) is 36.0 Å². The van der Waals surface area contributed by atoms with Gasteiger partial charge in [0.25, 0.3) is 5.91 Å². The highest BCUT2D eigenvalue weighted by Crippen LogP contribution is 2.21. The van der Waals surface area contributed by atoms with Crippen molar-refractivity contribution in [2.45, 2.75) is 25.7 Å². The van der Waals surface area contributed by atoms with Crippen molar-refractivity contribution in [2.75, 3.05) is 6.54 Å². The monoisotopic (exact) mass is 357 g/mol. The number of allylic oxidation sites excluding steroid dienone is 1. The third-order valence-corrected chi connectivity index (χ3v) is 3.99. The fourth-order valence-corrected chi connectivity index (χ4v) is 2.39. The standard InChI is InChI=1S/C14H16INO2/c15-12-6-5-11(9-13(12)17)14(18)16-8-7-10-3-1-2-4-10/h3,5-6,9,17H,1-2,4,7-8H2,(H,16,18). The van der Waals surface area contributed by atoms with Crippen LogP contribution in [0.3, 0.4) is 0 Å². The molecule has 18 heavy (non-hydrogen) atoms. The molecule has 1 aliphatic rings. The highest BCUT2D eigenvalue weighted by atomic mass is 127. The Morgan fingerprint density at radius 1 is 1.44 bits per heavy atom. The highest BCUT2D eigenvalue weighted by molar-refractivity contribution is 14.1. The molecule has 1 amide bonds. The molecular formula is C14H16INO2. The molecule has 4 heteroatoms. The van der Waals surface area contributed by atoms with Gasteiger partial charge >= 0.3 is 0 Å². The van der Waals surface area contributed by atoms with Crippen LogP contribution in [0, 0.1) is 3.57 Å². The maximum atomic E-state index is 11.8. The number of hydrogen-bond acceptors (Lipinski definition) is 2. The summed E-state index contributed by atoms with van der Waals surface area (Å²) in [5.74, 6) is 0.0297. The fraction of sp³-hybridized carbons (Fsp3) is 0.357. The quantitative estimate of drug-likeness (QED) is 0.642. The number of aromatic hydroxyl groups is 1. The summed E-state index contributed by atoms with van der Waals surface area (Å²) in [4.78, 5) is 11.8. The van der Waals surface area contributed by atoms with Crippen molar-refractivity contribution in [2.24, 2.45) is 0 Å². The van der Waals surface area contributed by atoms with Gasteiger partial charge < -0.3 is 10.4 Å². The van der Waals surface area contributed by atoms with Crippen molar-refractivity contribution in [3.8, 4) is 5.75 Å². The minimum atomic E-state index is -0.125. The SMILES string of the molecule is O=C(NCCC1=CCCC1)c1ccc(I)c(O)c1.